The summed E-state index contributed by atoms with van der Waals surface area (Å²) in [5, 5.41) is 9.41. The number of carboxylic acid groups (broad SMARTS) is 1. The van der Waals surface area contributed by atoms with E-state index in [9.17, 15) is 14.7 Å². The van der Waals surface area contributed by atoms with Gasteiger partial charge in [0.15, 0.2) is 0 Å². The molecule has 1 aromatic carbocycles. The van der Waals surface area contributed by atoms with Gasteiger partial charge in [-0.15, -0.1) is 0 Å². The Balaban J connectivity index is 2.46. The van der Waals surface area contributed by atoms with Gasteiger partial charge in [-0.3, -0.25) is 4.90 Å². The van der Waals surface area contributed by atoms with Gasteiger partial charge < -0.3 is 9.84 Å². The largest absolute Gasteiger partial charge is 0.480 e. The van der Waals surface area contributed by atoms with Gasteiger partial charge >= 0.3 is 12.1 Å². The van der Waals surface area contributed by atoms with Crippen LogP contribution in [0.3, 0.4) is 0 Å². The lowest BCUT2D eigenvalue weighted by Gasteiger charge is -2.27. The van der Waals surface area contributed by atoms with E-state index < -0.39 is 23.7 Å². The molecule has 1 aromatic rings. The highest BCUT2D eigenvalue weighted by Gasteiger charge is 2.41. The van der Waals surface area contributed by atoms with Crippen LogP contribution in [0.5, 0.6) is 0 Å². The number of carboxylic acids is 1. The van der Waals surface area contributed by atoms with E-state index in [-0.39, 0.29) is 0 Å². The third-order valence-corrected chi connectivity index (χ3v) is 3.69. The summed E-state index contributed by atoms with van der Waals surface area (Å²) in [5.74, 6) is -1.02. The maximum atomic E-state index is 12.4. The first-order valence-corrected chi connectivity index (χ1v) is 6.96. The van der Waals surface area contributed by atoms with E-state index in [1.165, 1.54) is 4.90 Å². The molecule has 21 heavy (non-hydrogen) atoms. The second-order valence-corrected chi connectivity index (χ2v) is 6.41. The minimum Gasteiger partial charge on any atom is -0.480 e. The van der Waals surface area contributed by atoms with Gasteiger partial charge in [-0.05, 0) is 57.4 Å². The Morgan fingerprint density at radius 2 is 1.90 bits per heavy atom. The lowest BCUT2D eigenvalue weighted by Crippen LogP contribution is -2.45. The van der Waals surface area contributed by atoms with Crippen molar-refractivity contribution in [1.82, 2.24) is 0 Å². The summed E-state index contributed by atoms with van der Waals surface area (Å²) in [7, 11) is 0. The number of carbonyl (C=O) groups excluding carboxylic acids is 1. The number of nitrogens with zero attached hydrogens (tertiary/aromatic N) is 1. The fourth-order valence-electron chi connectivity index (χ4n) is 2.53. The molecule has 0 radical (unpaired) electrons. The topological polar surface area (TPSA) is 66.8 Å². The number of benzene rings is 1. The highest BCUT2D eigenvalue weighted by atomic mass is 16.6. The van der Waals surface area contributed by atoms with Gasteiger partial charge in [-0.2, -0.15) is 0 Å². The van der Waals surface area contributed by atoms with E-state index >= 15 is 0 Å². The van der Waals surface area contributed by atoms with Crippen molar-refractivity contribution in [3.63, 3.8) is 0 Å². The molecule has 0 aromatic heterocycles. The molecule has 1 unspecified atom stereocenters. The van der Waals surface area contributed by atoms with E-state index in [1.54, 1.807) is 26.8 Å². The Bertz CT molecular complexity index is 601. The zero-order valence-corrected chi connectivity index (χ0v) is 13.1. The van der Waals surface area contributed by atoms with Crippen molar-refractivity contribution in [3.05, 3.63) is 28.8 Å². The quantitative estimate of drug-likeness (QED) is 0.863. The van der Waals surface area contributed by atoms with Crippen LogP contribution in [0.2, 0.25) is 0 Å². The molecule has 2 rings (SSSR count). The number of rotatable bonds is 1. The number of aryl methyl sites for hydroxylation is 1. The van der Waals surface area contributed by atoms with E-state index in [4.69, 9.17) is 4.74 Å². The van der Waals surface area contributed by atoms with Crippen LogP contribution in [0.4, 0.5) is 10.5 Å². The number of hydrogen-bond donors (Lipinski definition) is 1. The molecule has 1 aliphatic heterocycles. The lowest BCUT2D eigenvalue weighted by atomic mass is 10.00. The molecule has 0 aliphatic carbocycles. The van der Waals surface area contributed by atoms with Gasteiger partial charge in [0, 0.05) is 6.42 Å². The van der Waals surface area contributed by atoms with Crippen molar-refractivity contribution in [1.29, 1.82) is 0 Å². The molecule has 0 fully saturated rings. The smallest absolute Gasteiger partial charge is 0.415 e. The molecule has 1 aliphatic rings. The number of amides is 1. The zero-order chi connectivity index (χ0) is 15.9. The predicted molar refractivity (Wildman–Crippen MR) is 79.8 cm³/mol. The van der Waals surface area contributed by atoms with Crippen LogP contribution < -0.4 is 4.90 Å². The average molecular weight is 291 g/mol. The molecular weight excluding hydrogens is 270 g/mol. The molecule has 114 valence electrons. The number of ether oxygens (including phenoxy) is 1. The van der Waals surface area contributed by atoms with Crippen LogP contribution in [0.15, 0.2) is 12.1 Å². The second-order valence-electron chi connectivity index (χ2n) is 6.41. The van der Waals surface area contributed by atoms with Crippen molar-refractivity contribution < 1.29 is 19.4 Å². The highest BCUT2D eigenvalue weighted by Crippen LogP contribution is 2.36. The van der Waals surface area contributed by atoms with E-state index in [0.717, 1.165) is 16.7 Å². The summed E-state index contributed by atoms with van der Waals surface area (Å²) in [6, 6.07) is 2.79. The van der Waals surface area contributed by atoms with Crippen molar-refractivity contribution >= 4 is 17.7 Å². The lowest BCUT2D eigenvalue weighted by molar-refractivity contribution is -0.138. The van der Waals surface area contributed by atoms with Gasteiger partial charge in [0.05, 0.1) is 5.69 Å². The SMILES string of the molecule is Cc1ccc2c(c1C)CC(C(=O)O)N2C(=O)OC(C)(C)C. The summed E-state index contributed by atoms with van der Waals surface area (Å²) in [5.41, 5.74) is 3.00. The Hall–Kier alpha value is -2.04. The molecule has 0 spiro atoms. The third kappa shape index (κ3) is 2.86. The van der Waals surface area contributed by atoms with Crippen LogP contribution >= 0.6 is 0 Å². The molecule has 1 heterocycles. The number of fused-ring (bicyclic) bond motifs is 1. The normalized spacial score (nSPS) is 17.6. The number of aliphatic carboxylic acids is 1. The minimum atomic E-state index is -1.02. The highest BCUT2D eigenvalue weighted by molar-refractivity contribution is 5.99. The van der Waals surface area contributed by atoms with Crippen LogP contribution in [-0.4, -0.2) is 28.8 Å². The standard InChI is InChI=1S/C16H21NO4/c1-9-6-7-12-11(10(9)2)8-13(14(18)19)17(12)15(20)21-16(3,4)5/h6-7,13H,8H2,1-5H3,(H,18,19). The Kier molecular flexibility index (Phi) is 3.70. The molecule has 5 nitrogen and oxygen atoms in total. The van der Waals surface area contributed by atoms with Crippen LogP contribution in [0.25, 0.3) is 0 Å². The molecule has 0 bridgehead atoms. The summed E-state index contributed by atoms with van der Waals surface area (Å²) in [6.45, 7) is 9.21. The predicted octanol–water partition coefficient (Wildman–Crippen LogP) is 3.05. The van der Waals surface area contributed by atoms with Crippen molar-refractivity contribution in [2.75, 3.05) is 4.90 Å². The van der Waals surface area contributed by atoms with Gasteiger partial charge in [0.2, 0.25) is 0 Å². The fraction of sp³-hybridized carbons (Fsp3) is 0.500. The molecule has 0 saturated heterocycles. The van der Waals surface area contributed by atoms with Crippen molar-refractivity contribution in [3.8, 4) is 0 Å². The first kappa shape index (κ1) is 15.4. The maximum Gasteiger partial charge on any atom is 0.415 e. The van der Waals surface area contributed by atoms with E-state index in [2.05, 4.69) is 0 Å². The van der Waals surface area contributed by atoms with E-state index in [0.29, 0.717) is 12.1 Å². The summed E-state index contributed by atoms with van der Waals surface area (Å²) < 4.78 is 5.35. The first-order valence-electron chi connectivity index (χ1n) is 6.96. The molecule has 5 heteroatoms. The average Bonchev–Trinajstić information content (AvgIpc) is 2.72. The maximum absolute atomic E-state index is 12.4. The zero-order valence-electron chi connectivity index (χ0n) is 13.1. The summed E-state index contributed by atoms with van der Waals surface area (Å²) >= 11 is 0. The number of hydrogen-bond acceptors (Lipinski definition) is 3. The van der Waals surface area contributed by atoms with Crippen LogP contribution in [0.1, 0.15) is 37.5 Å². The minimum absolute atomic E-state index is 0.317. The Morgan fingerprint density at radius 1 is 1.29 bits per heavy atom. The van der Waals surface area contributed by atoms with Gasteiger partial charge in [0.25, 0.3) is 0 Å². The molecule has 0 saturated carbocycles. The first-order chi connectivity index (χ1) is 9.61. The van der Waals surface area contributed by atoms with Crippen LogP contribution in [-0.2, 0) is 16.0 Å². The van der Waals surface area contributed by atoms with Crippen molar-refractivity contribution in [2.45, 2.75) is 52.7 Å². The fourth-order valence-corrected chi connectivity index (χ4v) is 2.53. The Morgan fingerprint density at radius 3 is 2.43 bits per heavy atom. The van der Waals surface area contributed by atoms with Gasteiger partial charge in [-0.1, -0.05) is 6.07 Å². The van der Waals surface area contributed by atoms with Gasteiger partial charge in [0.1, 0.15) is 11.6 Å². The van der Waals surface area contributed by atoms with E-state index in [1.807, 2.05) is 19.9 Å². The summed E-state index contributed by atoms with van der Waals surface area (Å²) in [4.78, 5) is 25.1. The molecular formula is C16H21NO4. The molecule has 1 N–H and O–H groups in total. The Labute approximate surface area is 124 Å². The second kappa shape index (κ2) is 5.06. The third-order valence-electron chi connectivity index (χ3n) is 3.69. The van der Waals surface area contributed by atoms with Crippen LogP contribution in [0, 0.1) is 13.8 Å². The monoisotopic (exact) mass is 291 g/mol. The summed E-state index contributed by atoms with van der Waals surface area (Å²) in [6.07, 6.45) is -0.297. The number of carbonyl (C=O) groups is 2. The van der Waals surface area contributed by atoms with Gasteiger partial charge in [-0.25, -0.2) is 9.59 Å². The number of anilines is 1. The van der Waals surface area contributed by atoms with Crippen molar-refractivity contribution in [2.24, 2.45) is 0 Å². The molecule has 1 amide bonds. The molecule has 1 atom stereocenters.